The van der Waals surface area contributed by atoms with E-state index in [1.54, 1.807) is 0 Å². The first-order chi connectivity index (χ1) is 9.99. The molecule has 0 fully saturated rings. The van der Waals surface area contributed by atoms with E-state index in [1.165, 1.54) is 42.5 Å². The highest BCUT2D eigenvalue weighted by Crippen LogP contribution is 2.22. The van der Waals surface area contributed by atoms with Crippen LogP contribution in [0.15, 0.2) is 53.4 Å². The highest BCUT2D eigenvalue weighted by Gasteiger charge is 2.20. The lowest BCUT2D eigenvalue weighted by Crippen LogP contribution is -2.12. The van der Waals surface area contributed by atoms with Gasteiger partial charge in [0.15, 0.2) is 5.78 Å². The average Bonchev–Trinajstić information content (AvgIpc) is 2.47. The zero-order valence-electron chi connectivity index (χ0n) is 10.7. The molecule has 1 unspecified atom stereocenters. The number of hydrogen-bond acceptors (Lipinski definition) is 4. The van der Waals surface area contributed by atoms with Gasteiger partial charge in [-0.05, 0) is 18.2 Å². The Labute approximate surface area is 122 Å². The van der Waals surface area contributed by atoms with Gasteiger partial charge < -0.3 is 0 Å². The number of nitro benzene ring substituents is 1. The van der Waals surface area contributed by atoms with Crippen LogP contribution in [0.5, 0.6) is 0 Å². The number of benzene rings is 2. The van der Waals surface area contributed by atoms with Gasteiger partial charge in [0, 0.05) is 11.6 Å². The third-order valence-electron chi connectivity index (χ3n) is 2.72. The number of rotatable bonds is 5. The van der Waals surface area contributed by atoms with Crippen LogP contribution in [0.2, 0.25) is 0 Å². The highest BCUT2D eigenvalue weighted by molar-refractivity contribution is 7.86. The zero-order chi connectivity index (χ0) is 15.4. The maximum Gasteiger partial charge on any atom is 0.285 e. The number of hydrogen-bond donors (Lipinski definition) is 0. The van der Waals surface area contributed by atoms with Crippen molar-refractivity contribution < 1.29 is 18.3 Å². The molecule has 0 N–H and O–H groups in total. The highest BCUT2D eigenvalue weighted by atomic mass is 32.2. The molecule has 0 saturated carbocycles. The normalized spacial score (nSPS) is 11.9. The summed E-state index contributed by atoms with van der Waals surface area (Å²) in [6.45, 7) is 0. The van der Waals surface area contributed by atoms with Gasteiger partial charge in [0.05, 0.1) is 21.5 Å². The van der Waals surface area contributed by atoms with Crippen molar-refractivity contribution in [3.05, 3.63) is 70.0 Å². The molecule has 1 atom stereocenters. The van der Waals surface area contributed by atoms with Crippen LogP contribution in [-0.4, -0.2) is 20.7 Å². The Morgan fingerprint density at radius 3 is 2.57 bits per heavy atom. The molecule has 0 heterocycles. The van der Waals surface area contributed by atoms with Crippen molar-refractivity contribution in [2.24, 2.45) is 0 Å². The number of para-hydroxylation sites is 1. The Kier molecular flexibility index (Phi) is 4.54. The third-order valence-corrected chi connectivity index (χ3v) is 4.08. The topological polar surface area (TPSA) is 77.3 Å². The zero-order valence-corrected chi connectivity index (χ0v) is 11.5. The van der Waals surface area contributed by atoms with E-state index in [1.807, 2.05) is 0 Å². The Hall–Kier alpha value is -2.41. The van der Waals surface area contributed by atoms with Crippen molar-refractivity contribution in [3.8, 4) is 0 Å². The second kappa shape index (κ2) is 6.36. The van der Waals surface area contributed by atoms with Crippen molar-refractivity contribution >= 4 is 22.3 Å². The molecule has 0 saturated heterocycles. The first kappa shape index (κ1) is 15.0. The van der Waals surface area contributed by atoms with Gasteiger partial charge in [-0.3, -0.25) is 19.1 Å². The number of ketones is 1. The molecular formula is C14H10FNO4S. The van der Waals surface area contributed by atoms with E-state index in [0.29, 0.717) is 0 Å². The predicted octanol–water partition coefficient (Wildman–Crippen LogP) is 2.72. The first-order valence-electron chi connectivity index (χ1n) is 5.89. The summed E-state index contributed by atoms with van der Waals surface area (Å²) >= 11 is 0. The molecule has 0 aliphatic rings. The van der Waals surface area contributed by atoms with E-state index in [2.05, 4.69) is 0 Å². The van der Waals surface area contributed by atoms with Crippen molar-refractivity contribution in [3.63, 3.8) is 0 Å². The van der Waals surface area contributed by atoms with Crippen molar-refractivity contribution in [2.45, 2.75) is 4.90 Å². The fourth-order valence-electron chi connectivity index (χ4n) is 1.74. The lowest BCUT2D eigenvalue weighted by molar-refractivity contribution is -0.387. The Morgan fingerprint density at radius 2 is 1.90 bits per heavy atom. The fourth-order valence-corrected chi connectivity index (χ4v) is 2.91. The number of nitro groups is 1. The summed E-state index contributed by atoms with van der Waals surface area (Å²) < 4.78 is 25.2. The summed E-state index contributed by atoms with van der Waals surface area (Å²) in [5, 5.41) is 10.9. The van der Waals surface area contributed by atoms with Crippen LogP contribution in [0.4, 0.5) is 10.1 Å². The molecule has 0 aliphatic heterocycles. The summed E-state index contributed by atoms with van der Waals surface area (Å²) in [4.78, 5) is 22.1. The lowest BCUT2D eigenvalue weighted by atomic mass is 10.1. The summed E-state index contributed by atoms with van der Waals surface area (Å²) in [6, 6.07) is 10.5. The number of carbonyl (C=O) groups excluding carboxylic acids is 1. The number of Topliss-reactive ketones (excluding diaryl/α,β-unsaturated/α-hetero) is 1. The van der Waals surface area contributed by atoms with E-state index in [0.717, 1.165) is 6.07 Å². The Morgan fingerprint density at radius 1 is 1.19 bits per heavy atom. The van der Waals surface area contributed by atoms with Gasteiger partial charge in [-0.2, -0.15) is 0 Å². The maximum atomic E-state index is 13.0. The molecule has 0 aliphatic carbocycles. The monoisotopic (exact) mass is 307 g/mol. The molecule has 2 aromatic carbocycles. The van der Waals surface area contributed by atoms with Crippen molar-refractivity contribution in [1.29, 1.82) is 0 Å². The molecule has 2 rings (SSSR count). The quantitative estimate of drug-likeness (QED) is 0.483. The Bertz CT molecular complexity index is 732. The van der Waals surface area contributed by atoms with Crippen LogP contribution in [-0.2, 0) is 10.8 Å². The number of halogens is 1. The summed E-state index contributed by atoms with van der Waals surface area (Å²) in [5.74, 6) is -1.54. The molecule has 108 valence electrons. The molecule has 5 nitrogen and oxygen atoms in total. The largest absolute Gasteiger partial charge is 0.293 e. The Balaban J connectivity index is 2.23. The molecular weight excluding hydrogens is 297 g/mol. The summed E-state index contributed by atoms with van der Waals surface area (Å²) in [7, 11) is -1.87. The van der Waals surface area contributed by atoms with Gasteiger partial charge in [-0.15, -0.1) is 0 Å². The predicted molar refractivity (Wildman–Crippen MR) is 75.1 cm³/mol. The minimum atomic E-state index is -1.87. The summed E-state index contributed by atoms with van der Waals surface area (Å²) in [5.41, 5.74) is -0.218. The third kappa shape index (κ3) is 3.57. The molecule has 2 aromatic rings. The number of carbonyl (C=O) groups is 1. The lowest BCUT2D eigenvalue weighted by Gasteiger charge is -2.03. The van der Waals surface area contributed by atoms with Gasteiger partial charge in [-0.25, -0.2) is 4.39 Å². The minimum absolute atomic E-state index is 0.0211. The van der Waals surface area contributed by atoms with Crippen LogP contribution in [0.1, 0.15) is 10.4 Å². The van der Waals surface area contributed by atoms with E-state index in [9.17, 15) is 23.5 Å². The van der Waals surface area contributed by atoms with Crippen LogP contribution in [0.25, 0.3) is 0 Å². The molecule has 0 radical (unpaired) electrons. The molecule has 0 amide bonds. The van der Waals surface area contributed by atoms with Crippen molar-refractivity contribution in [2.75, 3.05) is 5.75 Å². The standard InChI is InChI=1S/C14H10FNO4S/c15-11-5-3-4-10(8-11)13(17)9-21(20)14-7-2-1-6-12(14)16(18)19/h1-8H,9H2. The van der Waals surface area contributed by atoms with E-state index >= 15 is 0 Å². The average molecular weight is 307 g/mol. The van der Waals surface area contributed by atoms with Crippen molar-refractivity contribution in [1.82, 2.24) is 0 Å². The molecule has 0 spiro atoms. The van der Waals surface area contributed by atoms with Crippen LogP contribution < -0.4 is 0 Å². The maximum absolute atomic E-state index is 13.0. The molecule has 21 heavy (non-hydrogen) atoms. The van der Waals surface area contributed by atoms with Gasteiger partial charge in [0.2, 0.25) is 0 Å². The second-order valence-electron chi connectivity index (χ2n) is 4.15. The first-order valence-corrected chi connectivity index (χ1v) is 7.21. The van der Waals surface area contributed by atoms with E-state index in [-0.39, 0.29) is 16.1 Å². The van der Waals surface area contributed by atoms with E-state index in [4.69, 9.17) is 0 Å². The van der Waals surface area contributed by atoms with Gasteiger partial charge >= 0.3 is 0 Å². The van der Waals surface area contributed by atoms with Gasteiger partial charge in [-0.1, -0.05) is 24.3 Å². The van der Waals surface area contributed by atoms with Crippen LogP contribution in [0, 0.1) is 15.9 Å². The fraction of sp³-hybridized carbons (Fsp3) is 0.0714. The molecule has 7 heteroatoms. The smallest absolute Gasteiger partial charge is 0.285 e. The van der Waals surface area contributed by atoms with Gasteiger partial charge in [0.25, 0.3) is 5.69 Å². The van der Waals surface area contributed by atoms with Crippen LogP contribution >= 0.6 is 0 Å². The molecule has 0 aromatic heterocycles. The second-order valence-corrected chi connectivity index (χ2v) is 5.57. The van der Waals surface area contributed by atoms with E-state index < -0.39 is 33.1 Å². The molecule has 0 bridgehead atoms. The van der Waals surface area contributed by atoms with Crippen LogP contribution in [0.3, 0.4) is 0 Å². The summed E-state index contributed by atoms with van der Waals surface area (Å²) in [6.07, 6.45) is 0. The van der Waals surface area contributed by atoms with Gasteiger partial charge in [0.1, 0.15) is 10.7 Å². The minimum Gasteiger partial charge on any atom is -0.293 e. The SMILES string of the molecule is O=C(CS(=O)c1ccccc1[N+](=O)[O-])c1cccc(F)c1. The number of nitrogens with zero attached hydrogens (tertiary/aromatic N) is 1.